The van der Waals surface area contributed by atoms with Crippen molar-refractivity contribution in [1.82, 2.24) is 9.78 Å². The molecular weight excluding hydrogens is 344 g/mol. The highest BCUT2D eigenvalue weighted by atomic mass is 16.5. The zero-order valence-electron chi connectivity index (χ0n) is 14.7. The van der Waals surface area contributed by atoms with Gasteiger partial charge < -0.3 is 15.4 Å². The molecule has 4 rings (SSSR count). The number of aromatic nitrogens is 2. The Bertz CT molecular complexity index is 1000. The predicted octanol–water partition coefficient (Wildman–Crippen LogP) is 2.66. The van der Waals surface area contributed by atoms with Gasteiger partial charge in [0.2, 0.25) is 0 Å². The molecule has 1 aliphatic heterocycles. The number of carbonyl (C=O) groups excluding carboxylic acids is 2. The summed E-state index contributed by atoms with van der Waals surface area (Å²) in [7, 11) is 0. The second-order valence-electron chi connectivity index (χ2n) is 6.44. The number of fused-ring (bicyclic) bond motifs is 1. The first-order valence-corrected chi connectivity index (χ1v) is 8.52. The third-order valence-electron chi connectivity index (χ3n) is 4.40. The number of rotatable bonds is 4. The lowest BCUT2D eigenvalue weighted by Gasteiger charge is -2.33. The van der Waals surface area contributed by atoms with Crippen LogP contribution in [0.25, 0.3) is 0 Å². The van der Waals surface area contributed by atoms with E-state index in [0.717, 1.165) is 5.56 Å². The minimum absolute atomic E-state index is 0.460. The first-order chi connectivity index (χ1) is 13.0. The highest BCUT2D eigenvalue weighted by molar-refractivity contribution is 6.19. The van der Waals surface area contributed by atoms with Gasteiger partial charge in [-0.05, 0) is 42.8 Å². The standard InChI is InChI=1S/C20H18N4O3/c1-20(19(26)23-16-8-2-3-9-17(16)27-20)18(25)22-15-7-4-6-14(12-15)13-24-11-5-10-21-24/h2-12H,13H2,1H3,(H,22,25)(H,23,26)/t20-/m0/s1. The third kappa shape index (κ3) is 3.27. The Labute approximate surface area is 156 Å². The molecule has 1 aliphatic rings. The lowest BCUT2D eigenvalue weighted by molar-refractivity contribution is -0.143. The molecule has 2 aromatic carbocycles. The van der Waals surface area contributed by atoms with Gasteiger partial charge in [0.15, 0.2) is 0 Å². The number of hydrogen-bond acceptors (Lipinski definition) is 4. The lowest BCUT2D eigenvalue weighted by Crippen LogP contribution is -2.56. The van der Waals surface area contributed by atoms with Crippen molar-refractivity contribution in [1.29, 1.82) is 0 Å². The van der Waals surface area contributed by atoms with Gasteiger partial charge in [0.1, 0.15) is 5.75 Å². The van der Waals surface area contributed by atoms with Gasteiger partial charge in [-0.1, -0.05) is 24.3 Å². The smallest absolute Gasteiger partial charge is 0.278 e. The topological polar surface area (TPSA) is 85.2 Å². The zero-order chi connectivity index (χ0) is 18.9. The quantitative estimate of drug-likeness (QED) is 0.699. The molecular formula is C20H18N4O3. The van der Waals surface area contributed by atoms with E-state index < -0.39 is 17.4 Å². The monoisotopic (exact) mass is 362 g/mol. The van der Waals surface area contributed by atoms with Crippen molar-refractivity contribution >= 4 is 23.2 Å². The lowest BCUT2D eigenvalue weighted by atomic mass is 10.0. The van der Waals surface area contributed by atoms with E-state index in [2.05, 4.69) is 15.7 Å². The van der Waals surface area contributed by atoms with Crippen LogP contribution in [-0.4, -0.2) is 27.2 Å². The third-order valence-corrected chi connectivity index (χ3v) is 4.40. The molecule has 1 atom stereocenters. The summed E-state index contributed by atoms with van der Waals surface area (Å²) in [4.78, 5) is 25.3. The second-order valence-corrected chi connectivity index (χ2v) is 6.44. The molecule has 0 bridgehead atoms. The van der Waals surface area contributed by atoms with Crippen LogP contribution in [0, 0.1) is 0 Å². The molecule has 0 fully saturated rings. The number of hydrogen-bond donors (Lipinski definition) is 2. The fraction of sp³-hybridized carbons (Fsp3) is 0.150. The van der Waals surface area contributed by atoms with Crippen molar-refractivity contribution in [3.8, 4) is 5.75 Å². The molecule has 7 heteroatoms. The van der Waals surface area contributed by atoms with E-state index in [4.69, 9.17) is 4.74 Å². The highest BCUT2D eigenvalue weighted by Crippen LogP contribution is 2.33. The average molecular weight is 362 g/mol. The molecule has 27 heavy (non-hydrogen) atoms. The van der Waals surface area contributed by atoms with Crippen LogP contribution < -0.4 is 15.4 Å². The van der Waals surface area contributed by atoms with E-state index in [0.29, 0.717) is 23.7 Å². The molecule has 0 spiro atoms. The molecule has 3 aromatic rings. The molecule has 1 aromatic heterocycles. The number of para-hydroxylation sites is 2. The SMILES string of the molecule is C[C@@]1(C(=O)Nc2cccc(Cn3cccn3)c2)Oc2ccccc2NC1=O. The molecule has 2 heterocycles. The van der Waals surface area contributed by atoms with Crippen molar-refractivity contribution in [3.63, 3.8) is 0 Å². The van der Waals surface area contributed by atoms with Crippen molar-refractivity contribution < 1.29 is 14.3 Å². The maximum atomic E-state index is 12.8. The molecule has 0 unspecified atom stereocenters. The summed E-state index contributed by atoms with van der Waals surface area (Å²) >= 11 is 0. The highest BCUT2D eigenvalue weighted by Gasteiger charge is 2.47. The van der Waals surface area contributed by atoms with Crippen LogP contribution in [0.2, 0.25) is 0 Å². The molecule has 2 amide bonds. The normalized spacial score (nSPS) is 18.2. The Hall–Kier alpha value is -3.61. The van der Waals surface area contributed by atoms with Crippen LogP contribution in [0.4, 0.5) is 11.4 Å². The van der Waals surface area contributed by atoms with Gasteiger partial charge in [-0.25, -0.2) is 0 Å². The Balaban J connectivity index is 1.53. The Kier molecular flexibility index (Phi) is 4.12. The van der Waals surface area contributed by atoms with Crippen molar-refractivity contribution in [3.05, 3.63) is 72.6 Å². The van der Waals surface area contributed by atoms with E-state index in [1.807, 2.05) is 30.5 Å². The van der Waals surface area contributed by atoms with E-state index >= 15 is 0 Å². The van der Waals surface area contributed by atoms with Gasteiger partial charge in [0.05, 0.1) is 12.2 Å². The number of benzene rings is 2. The number of nitrogens with one attached hydrogen (secondary N) is 2. The number of nitrogens with zero attached hydrogens (tertiary/aromatic N) is 2. The van der Waals surface area contributed by atoms with Gasteiger partial charge in [-0.2, -0.15) is 5.10 Å². The van der Waals surface area contributed by atoms with E-state index in [1.165, 1.54) is 6.92 Å². The molecule has 0 radical (unpaired) electrons. The fourth-order valence-electron chi connectivity index (χ4n) is 2.90. The van der Waals surface area contributed by atoms with Crippen LogP contribution >= 0.6 is 0 Å². The number of anilines is 2. The number of ether oxygens (including phenoxy) is 1. The maximum Gasteiger partial charge on any atom is 0.278 e. The van der Waals surface area contributed by atoms with Gasteiger partial charge in [-0.3, -0.25) is 14.3 Å². The van der Waals surface area contributed by atoms with Crippen molar-refractivity contribution in [2.75, 3.05) is 10.6 Å². The van der Waals surface area contributed by atoms with Crippen molar-refractivity contribution in [2.45, 2.75) is 19.1 Å². The summed E-state index contributed by atoms with van der Waals surface area (Å²) in [6, 6.07) is 16.3. The Morgan fingerprint density at radius 2 is 2.07 bits per heavy atom. The summed E-state index contributed by atoms with van der Waals surface area (Å²) < 4.78 is 7.53. The largest absolute Gasteiger partial charge is 0.466 e. The van der Waals surface area contributed by atoms with E-state index in [9.17, 15) is 9.59 Å². The summed E-state index contributed by atoms with van der Waals surface area (Å²) in [5.41, 5.74) is 0.447. The molecule has 136 valence electrons. The predicted molar refractivity (Wildman–Crippen MR) is 101 cm³/mol. The average Bonchev–Trinajstić information content (AvgIpc) is 3.16. The molecule has 0 aliphatic carbocycles. The molecule has 0 saturated heterocycles. The van der Waals surface area contributed by atoms with Crippen LogP contribution in [0.3, 0.4) is 0 Å². The first kappa shape index (κ1) is 16.8. The minimum Gasteiger partial charge on any atom is -0.466 e. The van der Waals surface area contributed by atoms with Crippen LogP contribution in [-0.2, 0) is 16.1 Å². The number of carbonyl (C=O) groups is 2. The first-order valence-electron chi connectivity index (χ1n) is 8.52. The van der Waals surface area contributed by atoms with Gasteiger partial charge in [0.25, 0.3) is 17.4 Å². The van der Waals surface area contributed by atoms with Gasteiger partial charge in [-0.15, -0.1) is 0 Å². The summed E-state index contributed by atoms with van der Waals surface area (Å²) in [6.07, 6.45) is 3.58. The maximum absolute atomic E-state index is 12.8. The van der Waals surface area contributed by atoms with E-state index in [-0.39, 0.29) is 0 Å². The Morgan fingerprint density at radius 1 is 1.22 bits per heavy atom. The van der Waals surface area contributed by atoms with Crippen LogP contribution in [0.15, 0.2) is 67.0 Å². The summed E-state index contributed by atoms with van der Waals surface area (Å²) in [5, 5.41) is 9.68. The molecule has 7 nitrogen and oxygen atoms in total. The van der Waals surface area contributed by atoms with Gasteiger partial charge >= 0.3 is 0 Å². The van der Waals surface area contributed by atoms with Crippen molar-refractivity contribution in [2.24, 2.45) is 0 Å². The van der Waals surface area contributed by atoms with E-state index in [1.54, 1.807) is 41.2 Å². The van der Waals surface area contributed by atoms with Crippen LogP contribution in [0.1, 0.15) is 12.5 Å². The molecule has 2 N–H and O–H groups in total. The molecule has 0 saturated carbocycles. The van der Waals surface area contributed by atoms with Gasteiger partial charge in [0, 0.05) is 18.1 Å². The number of amides is 2. The van der Waals surface area contributed by atoms with Crippen LogP contribution in [0.5, 0.6) is 5.75 Å². The fourth-order valence-corrected chi connectivity index (χ4v) is 2.90. The minimum atomic E-state index is -1.66. The summed E-state index contributed by atoms with van der Waals surface area (Å²) in [5.74, 6) is -0.584. The Morgan fingerprint density at radius 3 is 2.89 bits per heavy atom. The second kappa shape index (κ2) is 6.60. The zero-order valence-corrected chi connectivity index (χ0v) is 14.7. The summed E-state index contributed by atoms with van der Waals surface area (Å²) in [6.45, 7) is 2.04.